The largest absolute Gasteiger partial charge is 0.493 e. The minimum absolute atomic E-state index is 0.124. The van der Waals surface area contributed by atoms with Crippen LogP contribution in [0.15, 0.2) is 24.3 Å². The van der Waals surface area contributed by atoms with Gasteiger partial charge in [-0.1, -0.05) is 128 Å². The molecule has 1 unspecified atom stereocenters. The maximum Gasteiger partial charge on any atom is 0.220 e. The lowest BCUT2D eigenvalue weighted by Gasteiger charge is -2.17. The number of ether oxygens (including phenoxy) is 1. The van der Waals surface area contributed by atoms with Crippen LogP contribution in [0, 0.1) is 0 Å². The Hall–Kier alpha value is -1.55. The second-order valence-electron chi connectivity index (χ2n) is 11.3. The van der Waals surface area contributed by atoms with Crippen LogP contribution in [-0.2, 0) is 4.79 Å². The zero-order valence-corrected chi connectivity index (χ0v) is 25.0. The smallest absolute Gasteiger partial charge is 0.220 e. The molecule has 1 N–H and O–H groups in total. The van der Waals surface area contributed by atoms with E-state index in [-0.39, 0.29) is 11.8 Å². The Morgan fingerprint density at radius 3 is 1.84 bits per heavy atom. The third-order valence-electron chi connectivity index (χ3n) is 7.30. The average molecular weight is 517 g/mol. The third kappa shape index (κ3) is 19.2. The number of hydrogen-bond donors (Lipinski definition) is 1. The van der Waals surface area contributed by atoms with E-state index in [1.165, 1.54) is 96.3 Å². The molecule has 0 fully saturated rings. The summed E-state index contributed by atoms with van der Waals surface area (Å²) in [5.41, 5.74) is 1.14. The van der Waals surface area contributed by atoms with Gasteiger partial charge in [0, 0.05) is 13.0 Å². The maximum absolute atomic E-state index is 12.3. The van der Waals surface area contributed by atoms with Gasteiger partial charge in [0.2, 0.25) is 5.91 Å². The molecule has 0 saturated carbocycles. The lowest BCUT2D eigenvalue weighted by atomic mass is 9.96. The molecule has 4 nitrogen and oxygen atoms in total. The average Bonchev–Trinajstić information content (AvgIpc) is 2.88. The van der Waals surface area contributed by atoms with Crippen LogP contribution < -0.4 is 10.1 Å². The predicted molar refractivity (Wildman–Crippen MR) is 161 cm³/mol. The summed E-state index contributed by atoms with van der Waals surface area (Å²) in [5.74, 6) is 1.21. The van der Waals surface area contributed by atoms with Crippen LogP contribution in [0.1, 0.15) is 141 Å². The van der Waals surface area contributed by atoms with Crippen molar-refractivity contribution in [2.75, 3.05) is 33.8 Å². The SMILES string of the molecule is CCCCCCCCCCCCCCCCCCOc1ccccc1C(C)CC(=O)NCCCN(C)C. The van der Waals surface area contributed by atoms with Gasteiger partial charge < -0.3 is 15.0 Å². The Balaban J connectivity index is 2.05. The van der Waals surface area contributed by atoms with Gasteiger partial charge in [-0.3, -0.25) is 4.79 Å². The highest BCUT2D eigenvalue weighted by Crippen LogP contribution is 2.29. The van der Waals surface area contributed by atoms with Crippen LogP contribution in [0.25, 0.3) is 0 Å². The van der Waals surface area contributed by atoms with Gasteiger partial charge >= 0.3 is 0 Å². The molecule has 0 radical (unpaired) electrons. The minimum atomic E-state index is 0.124. The van der Waals surface area contributed by atoms with Gasteiger partial charge in [0.05, 0.1) is 6.61 Å². The number of para-hydroxylation sites is 1. The van der Waals surface area contributed by atoms with Crippen molar-refractivity contribution in [1.29, 1.82) is 0 Å². The first-order valence-corrected chi connectivity index (χ1v) is 15.7. The topological polar surface area (TPSA) is 41.6 Å². The van der Waals surface area contributed by atoms with E-state index < -0.39 is 0 Å². The summed E-state index contributed by atoms with van der Waals surface area (Å²) in [4.78, 5) is 14.5. The molecule has 4 heteroatoms. The first-order valence-electron chi connectivity index (χ1n) is 15.7. The monoisotopic (exact) mass is 516 g/mol. The van der Waals surface area contributed by atoms with Crippen molar-refractivity contribution in [2.24, 2.45) is 0 Å². The lowest BCUT2D eigenvalue weighted by Crippen LogP contribution is -2.28. The number of rotatable bonds is 25. The fourth-order valence-corrected chi connectivity index (χ4v) is 4.93. The lowest BCUT2D eigenvalue weighted by molar-refractivity contribution is -0.121. The summed E-state index contributed by atoms with van der Waals surface area (Å²) in [7, 11) is 4.11. The number of amides is 1. The zero-order valence-electron chi connectivity index (χ0n) is 25.0. The summed E-state index contributed by atoms with van der Waals surface area (Å²) in [5, 5.41) is 3.06. The molecular formula is C33H60N2O2. The second kappa shape index (κ2) is 23.6. The highest BCUT2D eigenvalue weighted by molar-refractivity contribution is 5.76. The van der Waals surface area contributed by atoms with Crippen molar-refractivity contribution in [3.05, 3.63) is 29.8 Å². The number of unbranched alkanes of at least 4 members (excludes halogenated alkanes) is 15. The van der Waals surface area contributed by atoms with E-state index in [9.17, 15) is 4.79 Å². The fourth-order valence-electron chi connectivity index (χ4n) is 4.93. The predicted octanol–water partition coefficient (Wildman–Crippen LogP) is 8.89. The second-order valence-corrected chi connectivity index (χ2v) is 11.3. The number of nitrogens with zero attached hydrogens (tertiary/aromatic N) is 1. The molecular weight excluding hydrogens is 456 g/mol. The number of nitrogens with one attached hydrogen (secondary N) is 1. The minimum Gasteiger partial charge on any atom is -0.493 e. The quantitative estimate of drug-likeness (QED) is 0.132. The van der Waals surface area contributed by atoms with E-state index in [2.05, 4.69) is 44.2 Å². The molecule has 0 saturated heterocycles. The number of hydrogen-bond acceptors (Lipinski definition) is 3. The van der Waals surface area contributed by atoms with Crippen molar-refractivity contribution in [3.63, 3.8) is 0 Å². The van der Waals surface area contributed by atoms with E-state index in [0.717, 1.165) is 43.9 Å². The Morgan fingerprint density at radius 1 is 0.784 bits per heavy atom. The third-order valence-corrected chi connectivity index (χ3v) is 7.30. The van der Waals surface area contributed by atoms with Crippen LogP contribution in [0.3, 0.4) is 0 Å². The Kier molecular flexibility index (Phi) is 21.3. The molecule has 0 spiro atoms. The van der Waals surface area contributed by atoms with Crippen molar-refractivity contribution >= 4 is 5.91 Å². The van der Waals surface area contributed by atoms with E-state index in [1.807, 2.05) is 18.2 Å². The molecule has 0 aliphatic rings. The van der Waals surface area contributed by atoms with E-state index in [4.69, 9.17) is 4.74 Å². The summed E-state index contributed by atoms with van der Waals surface area (Å²) in [6.07, 6.45) is 23.6. The van der Waals surface area contributed by atoms with Crippen LogP contribution in [0.4, 0.5) is 0 Å². The van der Waals surface area contributed by atoms with Gasteiger partial charge in [0.1, 0.15) is 5.75 Å². The molecule has 1 atom stereocenters. The normalized spacial score (nSPS) is 12.1. The van der Waals surface area contributed by atoms with Gasteiger partial charge in [-0.15, -0.1) is 0 Å². The Labute approximate surface area is 230 Å². The molecule has 0 aliphatic heterocycles. The molecule has 0 aliphatic carbocycles. The zero-order chi connectivity index (χ0) is 27.0. The van der Waals surface area contributed by atoms with Gasteiger partial charge in [-0.2, -0.15) is 0 Å². The summed E-state index contributed by atoms with van der Waals surface area (Å²) >= 11 is 0. The van der Waals surface area contributed by atoms with Crippen molar-refractivity contribution in [1.82, 2.24) is 10.2 Å². The molecule has 214 valence electrons. The molecule has 0 heterocycles. The van der Waals surface area contributed by atoms with Gasteiger partial charge in [-0.25, -0.2) is 0 Å². The van der Waals surface area contributed by atoms with Crippen molar-refractivity contribution in [2.45, 2.75) is 135 Å². The standard InChI is InChI=1S/C33H60N2O2/c1-5-6-7-8-9-10-11-12-13-14-15-16-17-18-19-22-28-37-32-25-21-20-24-31(32)30(2)29-33(36)34-26-23-27-35(3)4/h20-21,24-25,30H,5-19,22-23,26-29H2,1-4H3,(H,34,36). The Morgan fingerprint density at radius 2 is 1.30 bits per heavy atom. The van der Waals surface area contributed by atoms with Crippen LogP contribution >= 0.6 is 0 Å². The molecule has 1 aromatic rings. The number of benzene rings is 1. The highest BCUT2D eigenvalue weighted by Gasteiger charge is 2.15. The highest BCUT2D eigenvalue weighted by atomic mass is 16.5. The summed E-state index contributed by atoms with van der Waals surface area (Å²) < 4.78 is 6.15. The van der Waals surface area contributed by atoms with Crippen LogP contribution in [0.2, 0.25) is 0 Å². The van der Waals surface area contributed by atoms with E-state index in [0.29, 0.717) is 6.42 Å². The van der Waals surface area contributed by atoms with Gasteiger partial charge in [-0.05, 0) is 51.0 Å². The summed E-state index contributed by atoms with van der Waals surface area (Å²) in [6.45, 7) is 6.90. The molecule has 1 aromatic carbocycles. The van der Waals surface area contributed by atoms with Crippen LogP contribution in [0.5, 0.6) is 5.75 Å². The summed E-state index contributed by atoms with van der Waals surface area (Å²) in [6, 6.07) is 8.23. The number of carbonyl (C=O) groups is 1. The van der Waals surface area contributed by atoms with Crippen molar-refractivity contribution in [3.8, 4) is 5.75 Å². The molecule has 1 rings (SSSR count). The molecule has 1 amide bonds. The maximum atomic E-state index is 12.3. The Bertz CT molecular complexity index is 661. The first kappa shape index (κ1) is 33.5. The molecule has 0 bridgehead atoms. The molecule has 0 aromatic heterocycles. The van der Waals surface area contributed by atoms with Gasteiger partial charge in [0.15, 0.2) is 0 Å². The van der Waals surface area contributed by atoms with Crippen LogP contribution in [-0.4, -0.2) is 44.6 Å². The van der Waals surface area contributed by atoms with E-state index >= 15 is 0 Å². The van der Waals surface area contributed by atoms with Crippen molar-refractivity contribution < 1.29 is 9.53 Å². The number of carbonyl (C=O) groups excluding carboxylic acids is 1. The van der Waals surface area contributed by atoms with Gasteiger partial charge in [0.25, 0.3) is 0 Å². The fraction of sp³-hybridized carbons (Fsp3) is 0.788. The first-order chi connectivity index (χ1) is 18.0. The molecule has 37 heavy (non-hydrogen) atoms. The van der Waals surface area contributed by atoms with E-state index in [1.54, 1.807) is 0 Å².